The largest absolute Gasteiger partial charge is 0.479 e. The van der Waals surface area contributed by atoms with E-state index >= 15 is 0 Å². The summed E-state index contributed by atoms with van der Waals surface area (Å²) in [5.41, 5.74) is 2.47. The number of nitrogens with zero attached hydrogens (tertiary/aromatic N) is 2. The van der Waals surface area contributed by atoms with Crippen molar-refractivity contribution in [2.75, 3.05) is 0 Å². The number of amides is 1. The van der Waals surface area contributed by atoms with Crippen molar-refractivity contribution in [3.05, 3.63) is 58.3 Å². The van der Waals surface area contributed by atoms with Crippen molar-refractivity contribution in [3.8, 4) is 10.7 Å². The fourth-order valence-corrected chi connectivity index (χ4v) is 3.61. The number of carbonyl (C=O) groups is 2. The summed E-state index contributed by atoms with van der Waals surface area (Å²) < 4.78 is 5.20. The number of benzene rings is 1. The van der Waals surface area contributed by atoms with Gasteiger partial charge in [0.2, 0.25) is 17.6 Å². The lowest BCUT2D eigenvalue weighted by Gasteiger charge is -2.16. The van der Waals surface area contributed by atoms with E-state index in [0.717, 1.165) is 16.0 Å². The SMILES string of the molecule is Cc1cc(C)cc(C(NC(=O)CCCc2nc(-c3cccs3)no2)C(=O)O)c1. The summed E-state index contributed by atoms with van der Waals surface area (Å²) in [5, 5.41) is 18.0. The van der Waals surface area contributed by atoms with Gasteiger partial charge in [-0.3, -0.25) is 4.79 Å². The van der Waals surface area contributed by atoms with Crippen LogP contribution in [0.3, 0.4) is 0 Å². The summed E-state index contributed by atoms with van der Waals surface area (Å²) in [7, 11) is 0. The Morgan fingerprint density at radius 1 is 1.25 bits per heavy atom. The van der Waals surface area contributed by atoms with Gasteiger partial charge in [0.15, 0.2) is 6.04 Å². The maximum atomic E-state index is 12.2. The summed E-state index contributed by atoms with van der Waals surface area (Å²) in [6.07, 6.45) is 1.11. The second-order valence-electron chi connectivity index (χ2n) is 6.60. The highest BCUT2D eigenvalue weighted by Gasteiger charge is 2.22. The number of aliphatic carboxylic acids is 1. The van der Waals surface area contributed by atoms with Crippen molar-refractivity contribution in [1.29, 1.82) is 0 Å². The number of carbonyl (C=O) groups excluding carboxylic acids is 1. The molecule has 2 aromatic heterocycles. The van der Waals surface area contributed by atoms with E-state index in [2.05, 4.69) is 15.5 Å². The van der Waals surface area contributed by atoms with Gasteiger partial charge in [-0.25, -0.2) is 4.79 Å². The number of carboxylic acid groups (broad SMARTS) is 1. The van der Waals surface area contributed by atoms with Crippen LogP contribution in [0.2, 0.25) is 0 Å². The molecule has 1 unspecified atom stereocenters. The summed E-state index contributed by atoms with van der Waals surface area (Å²) >= 11 is 1.52. The molecule has 1 aromatic carbocycles. The van der Waals surface area contributed by atoms with E-state index in [4.69, 9.17) is 4.52 Å². The molecule has 0 saturated heterocycles. The van der Waals surface area contributed by atoms with E-state index < -0.39 is 12.0 Å². The van der Waals surface area contributed by atoms with Crippen LogP contribution in [0.15, 0.2) is 40.2 Å². The molecule has 0 fully saturated rings. The van der Waals surface area contributed by atoms with Gasteiger partial charge in [0, 0.05) is 12.8 Å². The number of thiophene rings is 1. The molecule has 0 aliphatic rings. The summed E-state index contributed by atoms with van der Waals surface area (Å²) in [6, 6.07) is 8.26. The molecule has 0 bridgehead atoms. The van der Waals surface area contributed by atoms with E-state index in [0.29, 0.717) is 30.1 Å². The van der Waals surface area contributed by atoms with Crippen LogP contribution in [-0.2, 0) is 16.0 Å². The van der Waals surface area contributed by atoms with Crippen molar-refractivity contribution in [2.45, 2.75) is 39.2 Å². The third-order valence-electron chi connectivity index (χ3n) is 4.13. The Bertz CT molecular complexity index is 946. The number of carboxylic acids is 1. The number of hydrogen-bond acceptors (Lipinski definition) is 6. The van der Waals surface area contributed by atoms with Gasteiger partial charge in [-0.05, 0) is 37.3 Å². The molecule has 8 heteroatoms. The first-order valence-corrected chi connectivity index (χ1v) is 9.77. The van der Waals surface area contributed by atoms with Gasteiger partial charge in [0.1, 0.15) is 0 Å². The fourth-order valence-electron chi connectivity index (χ4n) is 2.96. The molecular weight excluding hydrogens is 378 g/mol. The highest BCUT2D eigenvalue weighted by molar-refractivity contribution is 7.13. The van der Waals surface area contributed by atoms with E-state index in [9.17, 15) is 14.7 Å². The Balaban J connectivity index is 1.54. The summed E-state index contributed by atoms with van der Waals surface area (Å²) in [5.74, 6) is -0.420. The van der Waals surface area contributed by atoms with Crippen LogP contribution in [0.25, 0.3) is 10.7 Å². The number of aryl methyl sites for hydroxylation is 3. The zero-order chi connectivity index (χ0) is 20.1. The molecule has 0 aliphatic heterocycles. The number of rotatable bonds is 8. The first kappa shape index (κ1) is 19.8. The average molecular weight is 399 g/mol. The van der Waals surface area contributed by atoms with Crippen LogP contribution < -0.4 is 5.32 Å². The van der Waals surface area contributed by atoms with Gasteiger partial charge in [-0.2, -0.15) is 4.98 Å². The van der Waals surface area contributed by atoms with Gasteiger partial charge in [-0.15, -0.1) is 11.3 Å². The molecule has 0 spiro atoms. The molecule has 146 valence electrons. The van der Waals surface area contributed by atoms with Crippen LogP contribution in [0.5, 0.6) is 0 Å². The minimum atomic E-state index is -1.09. The van der Waals surface area contributed by atoms with E-state index in [1.807, 2.05) is 37.4 Å². The molecule has 2 heterocycles. The quantitative estimate of drug-likeness (QED) is 0.599. The minimum absolute atomic E-state index is 0.172. The fraction of sp³-hybridized carbons (Fsp3) is 0.300. The Morgan fingerprint density at radius 2 is 2.00 bits per heavy atom. The Morgan fingerprint density at radius 3 is 2.64 bits per heavy atom. The Kier molecular flexibility index (Phi) is 6.20. The molecule has 0 radical (unpaired) electrons. The topological polar surface area (TPSA) is 105 Å². The second kappa shape index (κ2) is 8.79. The number of nitrogens with one attached hydrogen (secondary N) is 1. The van der Waals surface area contributed by atoms with Gasteiger partial charge in [0.25, 0.3) is 0 Å². The predicted molar refractivity (Wildman–Crippen MR) is 105 cm³/mol. The number of aromatic nitrogens is 2. The van der Waals surface area contributed by atoms with Crippen LogP contribution in [0.1, 0.15) is 41.5 Å². The standard InChI is InChI=1S/C20H21N3O4S/c1-12-9-13(2)11-14(10-12)18(20(25)26)21-16(24)6-3-7-17-22-19(23-27-17)15-5-4-8-28-15/h4-5,8-11,18H,3,6-7H2,1-2H3,(H,21,24)(H,25,26). The highest BCUT2D eigenvalue weighted by Crippen LogP contribution is 2.22. The first-order chi connectivity index (χ1) is 13.4. The van der Waals surface area contributed by atoms with E-state index in [-0.39, 0.29) is 12.3 Å². The van der Waals surface area contributed by atoms with Gasteiger partial charge < -0.3 is 14.9 Å². The summed E-state index contributed by atoms with van der Waals surface area (Å²) in [4.78, 5) is 29.1. The van der Waals surface area contributed by atoms with Crippen LogP contribution in [0.4, 0.5) is 0 Å². The maximum Gasteiger partial charge on any atom is 0.330 e. The molecule has 3 rings (SSSR count). The monoisotopic (exact) mass is 399 g/mol. The Hall–Kier alpha value is -3.00. The Labute approximate surface area is 166 Å². The van der Waals surface area contributed by atoms with Crippen LogP contribution >= 0.6 is 11.3 Å². The van der Waals surface area contributed by atoms with Crippen LogP contribution in [0, 0.1) is 13.8 Å². The second-order valence-corrected chi connectivity index (χ2v) is 7.55. The van der Waals surface area contributed by atoms with Crippen LogP contribution in [-0.4, -0.2) is 27.1 Å². The molecule has 0 aliphatic carbocycles. The average Bonchev–Trinajstić information content (AvgIpc) is 3.30. The van der Waals surface area contributed by atoms with Crippen molar-refractivity contribution < 1.29 is 19.2 Å². The molecule has 3 aromatic rings. The van der Waals surface area contributed by atoms with E-state index in [1.54, 1.807) is 12.1 Å². The third-order valence-corrected chi connectivity index (χ3v) is 5.00. The van der Waals surface area contributed by atoms with Crippen molar-refractivity contribution in [3.63, 3.8) is 0 Å². The molecule has 2 N–H and O–H groups in total. The van der Waals surface area contributed by atoms with Gasteiger partial charge >= 0.3 is 5.97 Å². The number of hydrogen-bond donors (Lipinski definition) is 2. The lowest BCUT2D eigenvalue weighted by molar-refractivity contribution is -0.142. The molecule has 28 heavy (non-hydrogen) atoms. The first-order valence-electron chi connectivity index (χ1n) is 8.89. The molecular formula is C20H21N3O4S. The molecule has 7 nitrogen and oxygen atoms in total. The molecule has 0 saturated carbocycles. The lowest BCUT2D eigenvalue weighted by atomic mass is 10.0. The van der Waals surface area contributed by atoms with E-state index in [1.165, 1.54) is 11.3 Å². The van der Waals surface area contributed by atoms with Crippen molar-refractivity contribution in [1.82, 2.24) is 15.5 Å². The molecule has 1 amide bonds. The lowest BCUT2D eigenvalue weighted by Crippen LogP contribution is -2.33. The van der Waals surface area contributed by atoms with Crippen molar-refractivity contribution in [2.24, 2.45) is 0 Å². The van der Waals surface area contributed by atoms with Crippen molar-refractivity contribution >= 4 is 23.2 Å². The minimum Gasteiger partial charge on any atom is -0.479 e. The summed E-state index contributed by atoms with van der Waals surface area (Å²) in [6.45, 7) is 3.79. The van der Waals surface area contributed by atoms with Gasteiger partial charge in [-0.1, -0.05) is 40.5 Å². The highest BCUT2D eigenvalue weighted by atomic mass is 32.1. The molecule has 1 atom stereocenters. The zero-order valence-corrected chi connectivity index (χ0v) is 16.5. The maximum absolute atomic E-state index is 12.2. The zero-order valence-electron chi connectivity index (χ0n) is 15.6. The van der Waals surface area contributed by atoms with Gasteiger partial charge in [0.05, 0.1) is 4.88 Å². The third kappa shape index (κ3) is 5.04. The predicted octanol–water partition coefficient (Wildman–Crippen LogP) is 3.68. The normalized spacial score (nSPS) is 11.9. The smallest absolute Gasteiger partial charge is 0.330 e.